The van der Waals surface area contributed by atoms with Gasteiger partial charge in [0.25, 0.3) is 0 Å². The van der Waals surface area contributed by atoms with Gasteiger partial charge in [-0.15, -0.1) is 0 Å². The average Bonchev–Trinajstić information content (AvgIpc) is 2.34. The van der Waals surface area contributed by atoms with E-state index in [9.17, 15) is 27.7 Å². The predicted molar refractivity (Wildman–Crippen MR) is 65.1 cm³/mol. The third kappa shape index (κ3) is 3.27. The van der Waals surface area contributed by atoms with Crippen molar-refractivity contribution in [2.24, 2.45) is 0 Å². The number of nitrogens with one attached hydrogen (secondary N) is 1. The number of nitro benzene ring substituents is 1. The number of rotatable bonds is 6. The Morgan fingerprint density at radius 3 is 2.60 bits per heavy atom. The first kappa shape index (κ1) is 16.0. The molecular formula is C10H11FN2O6S. The first-order chi connectivity index (χ1) is 9.20. The molecule has 1 atom stereocenters. The van der Waals surface area contributed by atoms with Crippen LogP contribution >= 0.6 is 0 Å². The van der Waals surface area contributed by atoms with Crippen LogP contribution in [0.5, 0.6) is 0 Å². The van der Waals surface area contributed by atoms with Crippen LogP contribution in [-0.4, -0.2) is 30.5 Å². The van der Waals surface area contributed by atoms with Gasteiger partial charge in [-0.25, -0.2) is 8.42 Å². The van der Waals surface area contributed by atoms with Crippen LogP contribution in [0.15, 0.2) is 23.1 Å². The number of carbonyl (C=O) groups is 1. The van der Waals surface area contributed by atoms with Gasteiger partial charge >= 0.3 is 11.7 Å². The maximum absolute atomic E-state index is 13.4. The fraction of sp³-hybridized carbons (Fsp3) is 0.300. The molecule has 110 valence electrons. The molecular weight excluding hydrogens is 295 g/mol. The Labute approximate surface area is 113 Å². The van der Waals surface area contributed by atoms with Gasteiger partial charge in [0.05, 0.1) is 4.92 Å². The monoisotopic (exact) mass is 306 g/mol. The van der Waals surface area contributed by atoms with Gasteiger partial charge < -0.3 is 5.11 Å². The zero-order valence-electron chi connectivity index (χ0n) is 10.2. The van der Waals surface area contributed by atoms with Gasteiger partial charge in [-0.1, -0.05) is 13.0 Å². The number of carboxylic acid groups (broad SMARTS) is 1. The number of para-hydroxylation sites is 1. The maximum atomic E-state index is 13.4. The molecule has 1 aromatic rings. The number of aliphatic carboxylic acids is 1. The minimum absolute atomic E-state index is 0.0717. The summed E-state index contributed by atoms with van der Waals surface area (Å²) in [5, 5.41) is 19.5. The molecule has 8 nitrogen and oxygen atoms in total. The van der Waals surface area contributed by atoms with Crippen molar-refractivity contribution in [1.29, 1.82) is 0 Å². The Hall–Kier alpha value is -2.07. The summed E-state index contributed by atoms with van der Waals surface area (Å²) in [5.74, 6) is -2.75. The van der Waals surface area contributed by atoms with Crippen LogP contribution in [0.2, 0.25) is 0 Å². The summed E-state index contributed by atoms with van der Waals surface area (Å²) in [6.45, 7) is 1.42. The summed E-state index contributed by atoms with van der Waals surface area (Å²) in [6.07, 6.45) is -0.0717. The molecule has 0 heterocycles. The van der Waals surface area contributed by atoms with Crippen LogP contribution in [-0.2, 0) is 14.8 Å². The van der Waals surface area contributed by atoms with E-state index >= 15 is 0 Å². The third-order valence-corrected chi connectivity index (χ3v) is 3.93. The predicted octanol–water partition coefficient (Wildman–Crippen LogP) is 0.875. The maximum Gasteiger partial charge on any atom is 0.324 e. The number of nitro groups is 1. The van der Waals surface area contributed by atoms with E-state index in [1.807, 2.05) is 0 Å². The summed E-state index contributed by atoms with van der Waals surface area (Å²) in [7, 11) is -4.53. The Bertz CT molecular complexity index is 645. The van der Waals surface area contributed by atoms with E-state index in [1.54, 1.807) is 4.72 Å². The Morgan fingerprint density at radius 2 is 2.15 bits per heavy atom. The molecule has 0 amide bonds. The largest absolute Gasteiger partial charge is 0.480 e. The van der Waals surface area contributed by atoms with Crippen molar-refractivity contribution in [3.63, 3.8) is 0 Å². The SMILES string of the molecule is CCC(NS(=O)(=O)c1cccc(F)c1[N+](=O)[O-])C(=O)O. The molecule has 0 aliphatic carbocycles. The highest BCUT2D eigenvalue weighted by molar-refractivity contribution is 7.89. The minimum atomic E-state index is -4.53. The molecule has 1 aromatic carbocycles. The fourth-order valence-electron chi connectivity index (χ4n) is 1.45. The van der Waals surface area contributed by atoms with Gasteiger partial charge in [0.1, 0.15) is 6.04 Å². The summed E-state index contributed by atoms with van der Waals surface area (Å²) >= 11 is 0. The van der Waals surface area contributed by atoms with Crippen molar-refractivity contribution in [3.05, 3.63) is 34.1 Å². The molecule has 2 N–H and O–H groups in total. The van der Waals surface area contributed by atoms with Crippen molar-refractivity contribution in [2.75, 3.05) is 0 Å². The summed E-state index contributed by atoms with van der Waals surface area (Å²) in [4.78, 5) is 19.4. The Kier molecular flexibility index (Phi) is 4.73. The van der Waals surface area contributed by atoms with Gasteiger partial charge in [-0.3, -0.25) is 14.9 Å². The molecule has 0 radical (unpaired) electrons. The lowest BCUT2D eigenvalue weighted by Gasteiger charge is -2.12. The average molecular weight is 306 g/mol. The lowest BCUT2D eigenvalue weighted by Crippen LogP contribution is -2.40. The number of sulfonamides is 1. The van der Waals surface area contributed by atoms with Crippen LogP contribution in [0.25, 0.3) is 0 Å². The number of halogens is 1. The lowest BCUT2D eigenvalue weighted by atomic mass is 10.2. The number of hydrogen-bond donors (Lipinski definition) is 2. The van der Waals surface area contributed by atoms with E-state index in [-0.39, 0.29) is 6.42 Å². The zero-order valence-corrected chi connectivity index (χ0v) is 11.1. The number of hydrogen-bond acceptors (Lipinski definition) is 5. The highest BCUT2D eigenvalue weighted by Crippen LogP contribution is 2.26. The van der Waals surface area contributed by atoms with Crippen molar-refractivity contribution >= 4 is 21.7 Å². The van der Waals surface area contributed by atoms with Crippen LogP contribution in [0.1, 0.15) is 13.3 Å². The summed E-state index contributed by atoms with van der Waals surface area (Å²) in [6, 6.07) is 1.10. The van der Waals surface area contributed by atoms with E-state index in [0.717, 1.165) is 18.2 Å². The minimum Gasteiger partial charge on any atom is -0.480 e. The smallest absolute Gasteiger partial charge is 0.324 e. The number of carboxylic acids is 1. The molecule has 0 aliphatic rings. The van der Waals surface area contributed by atoms with Crippen molar-refractivity contribution in [2.45, 2.75) is 24.3 Å². The fourth-order valence-corrected chi connectivity index (χ4v) is 2.90. The highest BCUT2D eigenvalue weighted by Gasteiger charge is 2.32. The molecule has 1 rings (SSSR count). The summed E-state index contributed by atoms with van der Waals surface area (Å²) in [5.41, 5.74) is -1.22. The quantitative estimate of drug-likeness (QED) is 0.593. The van der Waals surface area contributed by atoms with Crippen LogP contribution < -0.4 is 4.72 Å². The Morgan fingerprint density at radius 1 is 1.55 bits per heavy atom. The standard InChI is InChI=1S/C10H11FN2O6S/c1-2-7(10(14)15)12-20(18,19)8-5-3-4-6(11)9(8)13(16)17/h3-5,7,12H,2H2,1H3,(H,14,15). The van der Waals surface area contributed by atoms with E-state index in [0.29, 0.717) is 0 Å². The molecule has 0 saturated carbocycles. The summed E-state index contributed by atoms with van der Waals surface area (Å²) < 4.78 is 39.0. The number of nitrogens with zero attached hydrogens (tertiary/aromatic N) is 1. The molecule has 20 heavy (non-hydrogen) atoms. The molecule has 1 unspecified atom stereocenters. The van der Waals surface area contributed by atoms with Gasteiger partial charge in [-0.2, -0.15) is 9.11 Å². The van der Waals surface area contributed by atoms with Crippen LogP contribution in [0, 0.1) is 15.9 Å². The lowest BCUT2D eigenvalue weighted by molar-refractivity contribution is -0.390. The second-order valence-electron chi connectivity index (χ2n) is 3.76. The van der Waals surface area contributed by atoms with E-state index < -0.39 is 43.4 Å². The highest BCUT2D eigenvalue weighted by atomic mass is 32.2. The molecule has 0 aromatic heterocycles. The van der Waals surface area contributed by atoms with Gasteiger partial charge in [0, 0.05) is 0 Å². The molecule has 0 aliphatic heterocycles. The van der Waals surface area contributed by atoms with Crippen molar-refractivity contribution in [1.82, 2.24) is 4.72 Å². The molecule has 0 spiro atoms. The van der Waals surface area contributed by atoms with E-state index in [1.165, 1.54) is 6.92 Å². The molecule has 10 heteroatoms. The number of benzene rings is 1. The van der Waals surface area contributed by atoms with E-state index in [4.69, 9.17) is 5.11 Å². The van der Waals surface area contributed by atoms with Crippen molar-refractivity contribution in [3.8, 4) is 0 Å². The molecule has 0 fully saturated rings. The first-order valence-electron chi connectivity index (χ1n) is 5.38. The van der Waals surface area contributed by atoms with Crippen LogP contribution in [0.3, 0.4) is 0 Å². The van der Waals surface area contributed by atoms with E-state index in [2.05, 4.69) is 0 Å². The van der Waals surface area contributed by atoms with Crippen LogP contribution in [0.4, 0.5) is 10.1 Å². The normalized spacial score (nSPS) is 12.9. The second kappa shape index (κ2) is 5.92. The molecule has 0 bridgehead atoms. The second-order valence-corrected chi connectivity index (χ2v) is 5.45. The van der Waals surface area contributed by atoms with Gasteiger partial charge in [0.2, 0.25) is 15.8 Å². The van der Waals surface area contributed by atoms with Gasteiger partial charge in [-0.05, 0) is 18.6 Å². The van der Waals surface area contributed by atoms with Crippen molar-refractivity contribution < 1.29 is 27.6 Å². The first-order valence-corrected chi connectivity index (χ1v) is 6.87. The molecule has 0 saturated heterocycles. The third-order valence-electron chi connectivity index (χ3n) is 2.43. The van der Waals surface area contributed by atoms with Gasteiger partial charge in [0.15, 0.2) is 4.90 Å². The zero-order chi connectivity index (χ0) is 15.5. The topological polar surface area (TPSA) is 127 Å². The Balaban J connectivity index is 3.33.